The van der Waals surface area contributed by atoms with Crippen molar-refractivity contribution in [3.63, 3.8) is 0 Å². The Balaban J connectivity index is 1.54. The summed E-state index contributed by atoms with van der Waals surface area (Å²) in [5.41, 5.74) is 2.96. The normalized spacial score (nSPS) is 10.5. The number of hydrogen-bond acceptors (Lipinski definition) is 5. The Morgan fingerprint density at radius 2 is 1.93 bits per heavy atom. The van der Waals surface area contributed by atoms with Crippen LogP contribution in [-0.2, 0) is 4.79 Å². The summed E-state index contributed by atoms with van der Waals surface area (Å²) in [6, 6.07) is 15.6. The second kappa shape index (κ2) is 9.37. The van der Waals surface area contributed by atoms with Crippen LogP contribution in [0.5, 0.6) is 11.5 Å². The first kappa shape index (κ1) is 19.9. The van der Waals surface area contributed by atoms with Crippen molar-refractivity contribution in [3.8, 4) is 22.8 Å². The van der Waals surface area contributed by atoms with Crippen molar-refractivity contribution in [1.82, 2.24) is 4.98 Å². The molecule has 3 rings (SSSR count). The van der Waals surface area contributed by atoms with Crippen LogP contribution in [0.15, 0.2) is 48.5 Å². The minimum atomic E-state index is -0.0529. The fourth-order valence-electron chi connectivity index (χ4n) is 2.86. The predicted octanol–water partition coefficient (Wildman–Crippen LogP) is 5.23. The van der Waals surface area contributed by atoms with Gasteiger partial charge < -0.3 is 14.8 Å². The second-order valence-electron chi connectivity index (χ2n) is 6.42. The molecule has 1 aromatic heterocycles. The average molecular weight is 397 g/mol. The number of aryl methyl sites for hydroxylation is 2. The lowest BCUT2D eigenvalue weighted by Gasteiger charge is -2.06. The maximum atomic E-state index is 12.2. The number of nitrogens with one attached hydrogen (secondary N) is 1. The van der Waals surface area contributed by atoms with Crippen molar-refractivity contribution in [1.29, 1.82) is 0 Å². The summed E-state index contributed by atoms with van der Waals surface area (Å²) in [7, 11) is 1.66. The van der Waals surface area contributed by atoms with Gasteiger partial charge in [-0.15, -0.1) is 11.3 Å². The first-order valence-corrected chi connectivity index (χ1v) is 9.98. The zero-order valence-electron chi connectivity index (χ0n) is 16.3. The van der Waals surface area contributed by atoms with E-state index in [1.807, 2.05) is 62.4 Å². The van der Waals surface area contributed by atoms with Crippen LogP contribution in [0, 0.1) is 13.8 Å². The third-order valence-electron chi connectivity index (χ3n) is 4.27. The number of rotatable bonds is 8. The topological polar surface area (TPSA) is 60.5 Å². The van der Waals surface area contributed by atoms with Gasteiger partial charge in [0.2, 0.25) is 5.91 Å². The lowest BCUT2D eigenvalue weighted by molar-refractivity contribution is -0.116. The Labute approximate surface area is 169 Å². The van der Waals surface area contributed by atoms with Crippen LogP contribution in [0.1, 0.15) is 23.3 Å². The number of hydrogen-bond donors (Lipinski definition) is 1. The quantitative estimate of drug-likeness (QED) is 0.530. The maximum absolute atomic E-state index is 12.2. The van der Waals surface area contributed by atoms with Crippen molar-refractivity contribution in [2.45, 2.75) is 26.7 Å². The van der Waals surface area contributed by atoms with E-state index in [4.69, 9.17) is 9.47 Å². The van der Waals surface area contributed by atoms with Crippen LogP contribution in [-0.4, -0.2) is 24.6 Å². The van der Waals surface area contributed by atoms with Crippen LogP contribution < -0.4 is 14.8 Å². The molecular weight excluding hydrogens is 372 g/mol. The van der Waals surface area contributed by atoms with E-state index < -0.39 is 0 Å². The molecule has 146 valence electrons. The van der Waals surface area contributed by atoms with Gasteiger partial charge in [0.15, 0.2) is 5.13 Å². The Hall–Kier alpha value is -2.86. The fraction of sp³-hybridized carbons (Fsp3) is 0.273. The molecule has 0 unspecified atom stereocenters. The van der Waals surface area contributed by atoms with Gasteiger partial charge in [0.25, 0.3) is 0 Å². The molecule has 2 aromatic carbocycles. The molecule has 0 spiro atoms. The SMILES string of the molecule is COc1ccc(-c2nc(NC(=O)CCCOc3ccccc3)sc2C)cc1C. The molecule has 5 nitrogen and oxygen atoms in total. The highest BCUT2D eigenvalue weighted by atomic mass is 32.1. The number of aromatic nitrogens is 1. The number of carbonyl (C=O) groups excluding carboxylic acids is 1. The Morgan fingerprint density at radius 1 is 1.14 bits per heavy atom. The van der Waals surface area contributed by atoms with Crippen LogP contribution in [0.3, 0.4) is 0 Å². The van der Waals surface area contributed by atoms with Crippen molar-refractivity contribution < 1.29 is 14.3 Å². The molecule has 6 heteroatoms. The lowest BCUT2D eigenvalue weighted by atomic mass is 10.1. The molecule has 0 bridgehead atoms. The third kappa shape index (κ3) is 5.10. The van der Waals surface area contributed by atoms with E-state index in [2.05, 4.69) is 10.3 Å². The molecule has 1 N–H and O–H groups in total. The molecule has 0 saturated heterocycles. The van der Waals surface area contributed by atoms with Crippen LogP contribution in [0.4, 0.5) is 5.13 Å². The first-order valence-electron chi connectivity index (χ1n) is 9.17. The summed E-state index contributed by atoms with van der Waals surface area (Å²) >= 11 is 1.48. The average Bonchev–Trinajstić information content (AvgIpc) is 3.06. The van der Waals surface area contributed by atoms with E-state index in [1.54, 1.807) is 7.11 Å². The molecule has 0 aliphatic heterocycles. The van der Waals surface area contributed by atoms with Gasteiger partial charge in [-0.05, 0) is 56.2 Å². The molecule has 0 radical (unpaired) electrons. The van der Waals surface area contributed by atoms with Crippen LogP contribution in [0.25, 0.3) is 11.3 Å². The van der Waals surface area contributed by atoms with Gasteiger partial charge in [-0.2, -0.15) is 0 Å². The summed E-state index contributed by atoms with van der Waals surface area (Å²) in [4.78, 5) is 17.9. The number of nitrogens with zero attached hydrogens (tertiary/aromatic N) is 1. The number of anilines is 1. The van der Waals surface area contributed by atoms with E-state index >= 15 is 0 Å². The molecule has 0 saturated carbocycles. The van der Waals surface area contributed by atoms with Crippen molar-refractivity contribution >= 4 is 22.4 Å². The lowest BCUT2D eigenvalue weighted by Crippen LogP contribution is -2.12. The summed E-state index contributed by atoms with van der Waals surface area (Å²) in [5, 5.41) is 3.52. The van der Waals surface area contributed by atoms with Crippen molar-refractivity contribution in [2.75, 3.05) is 19.0 Å². The number of benzene rings is 2. The predicted molar refractivity (Wildman–Crippen MR) is 113 cm³/mol. The molecular formula is C22H24N2O3S. The molecule has 3 aromatic rings. The van der Waals surface area contributed by atoms with Crippen LogP contribution in [0.2, 0.25) is 0 Å². The number of carbonyl (C=O) groups is 1. The molecule has 1 heterocycles. The Bertz CT molecular complexity index is 938. The molecule has 0 aliphatic rings. The van der Waals surface area contributed by atoms with E-state index in [9.17, 15) is 4.79 Å². The maximum Gasteiger partial charge on any atom is 0.226 e. The summed E-state index contributed by atoms with van der Waals surface area (Å²) in [5.74, 6) is 1.61. The molecule has 1 amide bonds. The van der Waals surface area contributed by atoms with Gasteiger partial charge in [-0.1, -0.05) is 18.2 Å². The Morgan fingerprint density at radius 3 is 2.64 bits per heavy atom. The van der Waals surface area contributed by atoms with Gasteiger partial charge in [0, 0.05) is 16.9 Å². The van der Waals surface area contributed by atoms with Crippen molar-refractivity contribution in [3.05, 3.63) is 59.0 Å². The summed E-state index contributed by atoms with van der Waals surface area (Å²) < 4.78 is 10.9. The van der Waals surface area contributed by atoms with Gasteiger partial charge >= 0.3 is 0 Å². The van der Waals surface area contributed by atoms with E-state index in [1.165, 1.54) is 11.3 Å². The second-order valence-corrected chi connectivity index (χ2v) is 7.62. The van der Waals surface area contributed by atoms with Gasteiger partial charge in [-0.25, -0.2) is 4.98 Å². The fourth-order valence-corrected chi connectivity index (χ4v) is 3.72. The number of thiazole rings is 1. The number of ether oxygens (including phenoxy) is 2. The van der Waals surface area contributed by atoms with Gasteiger partial charge in [0.1, 0.15) is 11.5 Å². The highest BCUT2D eigenvalue weighted by Gasteiger charge is 2.13. The number of para-hydroxylation sites is 1. The zero-order valence-corrected chi connectivity index (χ0v) is 17.1. The molecule has 0 fully saturated rings. The Kier molecular flexibility index (Phi) is 6.66. The zero-order chi connectivity index (χ0) is 19.9. The van der Waals surface area contributed by atoms with Gasteiger partial charge in [-0.3, -0.25) is 4.79 Å². The third-order valence-corrected chi connectivity index (χ3v) is 5.16. The van der Waals surface area contributed by atoms with E-state index in [0.717, 1.165) is 33.2 Å². The molecule has 28 heavy (non-hydrogen) atoms. The first-order chi connectivity index (χ1) is 13.6. The minimum Gasteiger partial charge on any atom is -0.496 e. The van der Waals surface area contributed by atoms with E-state index in [0.29, 0.717) is 24.6 Å². The number of methoxy groups -OCH3 is 1. The largest absolute Gasteiger partial charge is 0.496 e. The van der Waals surface area contributed by atoms with Crippen molar-refractivity contribution in [2.24, 2.45) is 0 Å². The smallest absolute Gasteiger partial charge is 0.226 e. The molecule has 0 aliphatic carbocycles. The summed E-state index contributed by atoms with van der Waals surface area (Å²) in [6.45, 7) is 4.52. The minimum absolute atomic E-state index is 0.0529. The van der Waals surface area contributed by atoms with Gasteiger partial charge in [0.05, 0.1) is 19.4 Å². The summed E-state index contributed by atoms with van der Waals surface area (Å²) in [6.07, 6.45) is 1.04. The standard InChI is InChI=1S/C22H24N2O3S/c1-15-14-17(11-12-19(15)26-3)21-16(2)28-22(24-21)23-20(25)10-7-13-27-18-8-5-4-6-9-18/h4-6,8-9,11-12,14H,7,10,13H2,1-3H3,(H,23,24,25). The molecule has 0 atom stereocenters. The monoisotopic (exact) mass is 396 g/mol. The highest BCUT2D eigenvalue weighted by molar-refractivity contribution is 7.16. The van der Waals surface area contributed by atoms with Crippen LogP contribution >= 0.6 is 11.3 Å². The highest BCUT2D eigenvalue weighted by Crippen LogP contribution is 2.32. The van der Waals surface area contributed by atoms with E-state index in [-0.39, 0.29) is 5.91 Å². The number of amides is 1.